The smallest absolute Gasteiger partial charge is 0.333 e. The zero-order valence-electron chi connectivity index (χ0n) is 24.3. The number of nitrogens with zero attached hydrogens (tertiary/aromatic N) is 2. The van der Waals surface area contributed by atoms with E-state index in [9.17, 15) is 13.2 Å². The number of anilines is 1. The summed E-state index contributed by atoms with van der Waals surface area (Å²) in [6.07, 6.45) is 18.0. The van der Waals surface area contributed by atoms with Crippen molar-refractivity contribution in [3.8, 4) is 6.07 Å². The number of halogens is 1. The average Bonchev–Trinajstić information content (AvgIpc) is 2.91. The molecular formula is C30H48ClN3O5S. The lowest BCUT2D eigenvalue weighted by atomic mass is 10.0. The molecule has 1 aromatic rings. The highest BCUT2D eigenvalue weighted by molar-refractivity contribution is 7.89. The second kappa shape index (κ2) is 21.5. The van der Waals surface area contributed by atoms with Crippen molar-refractivity contribution in [1.29, 1.82) is 5.26 Å². The number of unbranched alkanes of at least 4 members (excludes halogenated alkanes) is 13. The fraction of sp³-hybridized carbons (Fsp3) is 0.667. The third-order valence-corrected chi connectivity index (χ3v) is 8.85. The van der Waals surface area contributed by atoms with E-state index in [0.29, 0.717) is 6.54 Å². The zero-order chi connectivity index (χ0) is 29.6. The summed E-state index contributed by atoms with van der Waals surface area (Å²) < 4.78 is 33.6. The SMILES string of the molecule is CCCCCCCCCCCCCCCCN(CCC#N)S(=O)(=O)c1ccc(Cl)c(N/C(=C/C(=O)O)OCC)c1. The highest BCUT2D eigenvalue weighted by Crippen LogP contribution is 2.28. The van der Waals surface area contributed by atoms with Crippen LogP contribution in [0.1, 0.15) is 110 Å². The van der Waals surface area contributed by atoms with E-state index < -0.39 is 16.0 Å². The van der Waals surface area contributed by atoms with E-state index in [-0.39, 0.29) is 41.1 Å². The van der Waals surface area contributed by atoms with Gasteiger partial charge in [-0.1, -0.05) is 102 Å². The van der Waals surface area contributed by atoms with Crippen LogP contribution in [0.5, 0.6) is 0 Å². The van der Waals surface area contributed by atoms with E-state index in [1.165, 1.54) is 86.7 Å². The number of aliphatic carboxylic acids is 1. The molecule has 40 heavy (non-hydrogen) atoms. The zero-order valence-corrected chi connectivity index (χ0v) is 25.9. The molecule has 10 heteroatoms. The molecule has 0 amide bonds. The number of ether oxygens (including phenoxy) is 1. The van der Waals surface area contributed by atoms with Gasteiger partial charge >= 0.3 is 5.97 Å². The topological polar surface area (TPSA) is 120 Å². The summed E-state index contributed by atoms with van der Waals surface area (Å²) in [5.41, 5.74) is 0.209. The van der Waals surface area contributed by atoms with Crippen molar-refractivity contribution in [2.75, 3.05) is 25.0 Å². The number of carboxylic acids is 1. The number of benzene rings is 1. The number of sulfonamides is 1. The van der Waals surface area contributed by atoms with Crippen molar-refractivity contribution in [2.45, 2.75) is 115 Å². The maximum Gasteiger partial charge on any atom is 0.333 e. The third-order valence-electron chi connectivity index (χ3n) is 6.62. The fourth-order valence-corrected chi connectivity index (χ4v) is 6.10. The molecule has 0 saturated heterocycles. The van der Waals surface area contributed by atoms with Gasteiger partial charge in [-0.3, -0.25) is 0 Å². The van der Waals surface area contributed by atoms with Crippen LogP contribution in [-0.4, -0.2) is 43.5 Å². The van der Waals surface area contributed by atoms with Gasteiger partial charge in [0.05, 0.1) is 34.4 Å². The van der Waals surface area contributed by atoms with Gasteiger partial charge in [0.25, 0.3) is 0 Å². The van der Waals surface area contributed by atoms with Crippen molar-refractivity contribution < 1.29 is 23.1 Å². The maximum absolute atomic E-state index is 13.5. The van der Waals surface area contributed by atoms with Crippen molar-refractivity contribution in [3.63, 3.8) is 0 Å². The Labute approximate surface area is 246 Å². The number of hydrogen-bond acceptors (Lipinski definition) is 6. The minimum absolute atomic E-state index is 0.00822. The normalized spacial score (nSPS) is 11.9. The Bertz CT molecular complexity index is 1040. The fourth-order valence-electron chi connectivity index (χ4n) is 4.43. The van der Waals surface area contributed by atoms with Gasteiger partial charge in [0.1, 0.15) is 0 Å². The Morgan fingerprint density at radius 2 is 1.52 bits per heavy atom. The van der Waals surface area contributed by atoms with Crippen LogP contribution < -0.4 is 5.32 Å². The monoisotopic (exact) mass is 597 g/mol. The molecule has 0 aromatic heterocycles. The Hall–Kier alpha value is -2.28. The lowest BCUT2D eigenvalue weighted by Gasteiger charge is -2.22. The van der Waals surface area contributed by atoms with Gasteiger partial charge in [-0.05, 0) is 31.5 Å². The third kappa shape index (κ3) is 14.9. The Kier molecular flexibility index (Phi) is 19.2. The predicted molar refractivity (Wildman–Crippen MR) is 162 cm³/mol. The first-order valence-corrected chi connectivity index (χ1v) is 16.6. The van der Waals surface area contributed by atoms with Crippen LogP contribution in [0.15, 0.2) is 35.1 Å². The van der Waals surface area contributed by atoms with Crippen LogP contribution in [0, 0.1) is 11.3 Å². The number of hydrogen-bond donors (Lipinski definition) is 2. The largest absolute Gasteiger partial charge is 0.479 e. The first-order valence-electron chi connectivity index (χ1n) is 14.8. The summed E-state index contributed by atoms with van der Waals surface area (Å²) in [5, 5.41) is 21.1. The first kappa shape index (κ1) is 35.7. The molecule has 0 aliphatic rings. The second-order valence-electron chi connectivity index (χ2n) is 9.95. The van der Waals surface area contributed by atoms with Gasteiger partial charge in [-0.25, -0.2) is 13.2 Å². The molecular weight excluding hydrogens is 550 g/mol. The summed E-state index contributed by atoms with van der Waals surface area (Å²) in [4.78, 5) is 11.1. The van der Waals surface area contributed by atoms with Crippen molar-refractivity contribution in [2.24, 2.45) is 0 Å². The summed E-state index contributed by atoms with van der Waals surface area (Å²) in [7, 11) is -3.89. The van der Waals surface area contributed by atoms with Crippen LogP contribution in [0.25, 0.3) is 0 Å². The van der Waals surface area contributed by atoms with Crippen molar-refractivity contribution in [3.05, 3.63) is 35.2 Å². The van der Waals surface area contributed by atoms with E-state index in [4.69, 9.17) is 26.7 Å². The van der Waals surface area contributed by atoms with Crippen LogP contribution in [0.2, 0.25) is 5.02 Å². The molecule has 0 unspecified atom stereocenters. The molecule has 8 nitrogen and oxygen atoms in total. The predicted octanol–water partition coefficient (Wildman–Crippen LogP) is 8.10. The molecule has 0 spiro atoms. The molecule has 0 bridgehead atoms. The molecule has 1 rings (SSSR count). The highest BCUT2D eigenvalue weighted by Gasteiger charge is 2.25. The molecule has 0 radical (unpaired) electrons. The number of nitrogens with one attached hydrogen (secondary N) is 1. The lowest BCUT2D eigenvalue weighted by molar-refractivity contribution is -0.131. The van der Waals surface area contributed by atoms with E-state index in [0.717, 1.165) is 31.8 Å². The number of carbonyl (C=O) groups is 1. The summed E-state index contributed by atoms with van der Waals surface area (Å²) in [6.45, 7) is 4.59. The number of nitriles is 1. The van der Waals surface area contributed by atoms with Crippen LogP contribution >= 0.6 is 11.6 Å². The van der Waals surface area contributed by atoms with E-state index in [1.807, 2.05) is 6.07 Å². The average molecular weight is 598 g/mol. The number of rotatable bonds is 24. The quantitative estimate of drug-likeness (QED) is 0.0701. The van der Waals surface area contributed by atoms with Gasteiger partial charge in [-0.2, -0.15) is 9.57 Å². The number of carboxylic acid groups (broad SMARTS) is 1. The van der Waals surface area contributed by atoms with Gasteiger partial charge in [0, 0.05) is 19.5 Å². The van der Waals surface area contributed by atoms with Crippen molar-refractivity contribution in [1.82, 2.24) is 4.31 Å². The molecule has 2 N–H and O–H groups in total. The van der Waals surface area contributed by atoms with Crippen LogP contribution in [-0.2, 0) is 19.6 Å². The summed E-state index contributed by atoms with van der Waals surface area (Å²) >= 11 is 6.25. The van der Waals surface area contributed by atoms with Crippen LogP contribution in [0.3, 0.4) is 0 Å². The standard InChI is InChI=1S/C30H48ClN3O5S/c1-3-5-6-7-8-9-10-11-12-13-14-15-16-17-22-34(23-18-21-32)40(37,38)26-19-20-27(31)28(24-26)33-29(39-4-2)25-30(35)36/h19-20,24-25,33H,3-18,22-23H2,1-2H3,(H,35,36)/b29-25-. The lowest BCUT2D eigenvalue weighted by Crippen LogP contribution is -2.33. The summed E-state index contributed by atoms with van der Waals surface area (Å²) in [5.74, 6) is -1.28. The molecule has 226 valence electrons. The molecule has 0 heterocycles. The second-order valence-corrected chi connectivity index (χ2v) is 12.3. The Balaban J connectivity index is 2.61. The molecule has 1 aromatic carbocycles. The van der Waals surface area contributed by atoms with Gasteiger partial charge in [-0.15, -0.1) is 0 Å². The Morgan fingerprint density at radius 3 is 2.02 bits per heavy atom. The van der Waals surface area contributed by atoms with E-state index in [1.54, 1.807) is 6.92 Å². The molecule has 0 atom stereocenters. The minimum atomic E-state index is -3.89. The van der Waals surface area contributed by atoms with Crippen molar-refractivity contribution >= 4 is 33.3 Å². The van der Waals surface area contributed by atoms with Gasteiger partial charge in [0.15, 0.2) is 5.88 Å². The van der Waals surface area contributed by atoms with Gasteiger partial charge < -0.3 is 15.2 Å². The van der Waals surface area contributed by atoms with E-state index >= 15 is 0 Å². The highest BCUT2D eigenvalue weighted by atomic mass is 35.5. The Morgan fingerprint density at radius 1 is 0.975 bits per heavy atom. The van der Waals surface area contributed by atoms with E-state index in [2.05, 4.69) is 12.2 Å². The molecule has 0 aliphatic heterocycles. The molecule has 0 aliphatic carbocycles. The minimum Gasteiger partial charge on any atom is -0.479 e. The molecule has 0 fully saturated rings. The maximum atomic E-state index is 13.5. The summed E-state index contributed by atoms with van der Waals surface area (Å²) in [6, 6.07) is 6.24. The molecule has 0 saturated carbocycles. The van der Waals surface area contributed by atoms with Crippen LogP contribution in [0.4, 0.5) is 5.69 Å². The van der Waals surface area contributed by atoms with Gasteiger partial charge in [0.2, 0.25) is 10.0 Å². The first-order chi connectivity index (χ1) is 19.3.